The number of methoxy groups -OCH3 is 1. The number of rotatable bonds is 5. The van der Waals surface area contributed by atoms with Gasteiger partial charge >= 0.3 is 0 Å². The van der Waals surface area contributed by atoms with Crippen LogP contribution in [0.4, 0.5) is 0 Å². The molecule has 1 N–H and O–H groups in total. The van der Waals surface area contributed by atoms with Gasteiger partial charge in [0.25, 0.3) is 0 Å². The van der Waals surface area contributed by atoms with Crippen LogP contribution in [0.2, 0.25) is 0 Å². The van der Waals surface area contributed by atoms with E-state index in [1.807, 2.05) is 48.0 Å². The molecule has 3 aliphatic rings. The maximum absolute atomic E-state index is 13.6. The molecule has 1 aliphatic carbocycles. The Hall–Kier alpha value is -2.58. The number of fused-ring (bicyclic) bond motifs is 4. The molecule has 1 saturated heterocycles. The number of nitrogens with zero attached hydrogens (tertiary/aromatic N) is 4. The summed E-state index contributed by atoms with van der Waals surface area (Å²) in [6, 6.07) is 5.80. The smallest absolute Gasteiger partial charge is 0.236 e. The van der Waals surface area contributed by atoms with Crippen molar-refractivity contribution in [2.45, 2.75) is 43.6 Å². The second kappa shape index (κ2) is 9.13. The molecule has 1 aromatic carbocycles. The van der Waals surface area contributed by atoms with Crippen molar-refractivity contribution < 1.29 is 19.4 Å². The van der Waals surface area contributed by atoms with E-state index >= 15 is 0 Å². The summed E-state index contributed by atoms with van der Waals surface area (Å²) in [7, 11) is 7.53. The van der Waals surface area contributed by atoms with Gasteiger partial charge in [0.15, 0.2) is 0 Å². The maximum atomic E-state index is 13.6. The van der Waals surface area contributed by atoms with Crippen LogP contribution in [0.15, 0.2) is 18.2 Å². The normalized spacial score (nSPS) is 21.9. The average Bonchev–Trinajstić information content (AvgIpc) is 3.10. The third kappa shape index (κ3) is 3.91. The number of aromatic nitrogens is 1. The number of likely N-dealkylation sites (N-methyl/N-ethyl adjacent to an activating group) is 1. The van der Waals surface area contributed by atoms with Gasteiger partial charge in [0.2, 0.25) is 11.8 Å². The van der Waals surface area contributed by atoms with Gasteiger partial charge in [-0.1, -0.05) is 6.42 Å². The minimum atomic E-state index is -0.361. The molecule has 5 rings (SSSR count). The Balaban J connectivity index is 1.60. The first kappa shape index (κ1) is 24.1. The summed E-state index contributed by atoms with van der Waals surface area (Å²) in [6.07, 6.45) is 4.58. The summed E-state index contributed by atoms with van der Waals surface area (Å²) < 4.78 is 7.66. The van der Waals surface area contributed by atoms with Crippen LogP contribution in [0, 0.1) is 5.92 Å². The third-order valence-corrected chi connectivity index (χ3v) is 8.58. The molecule has 0 unspecified atom stereocenters. The number of piperidine rings is 1. The summed E-state index contributed by atoms with van der Waals surface area (Å²) in [4.78, 5) is 32.3. The van der Waals surface area contributed by atoms with E-state index in [1.54, 1.807) is 7.11 Å². The minimum Gasteiger partial charge on any atom is -0.497 e. The van der Waals surface area contributed by atoms with Crippen molar-refractivity contribution in [3.63, 3.8) is 0 Å². The van der Waals surface area contributed by atoms with Crippen molar-refractivity contribution in [1.29, 1.82) is 0 Å². The Morgan fingerprint density at radius 3 is 2.49 bits per heavy atom. The van der Waals surface area contributed by atoms with E-state index in [0.29, 0.717) is 26.2 Å². The molecule has 3 heterocycles. The highest BCUT2D eigenvalue weighted by molar-refractivity contribution is 5.90. The van der Waals surface area contributed by atoms with Gasteiger partial charge in [-0.05, 0) is 57.5 Å². The van der Waals surface area contributed by atoms with Gasteiger partial charge in [-0.15, -0.1) is 0 Å². The van der Waals surface area contributed by atoms with Gasteiger partial charge in [0, 0.05) is 55.2 Å². The zero-order valence-corrected chi connectivity index (χ0v) is 21.4. The van der Waals surface area contributed by atoms with Gasteiger partial charge < -0.3 is 29.1 Å². The minimum absolute atomic E-state index is 0.0687. The fourth-order valence-electron chi connectivity index (χ4n) is 6.44. The van der Waals surface area contributed by atoms with E-state index in [4.69, 9.17) is 4.74 Å². The topological polar surface area (TPSA) is 78.2 Å². The quantitative estimate of drug-likeness (QED) is 0.708. The largest absolute Gasteiger partial charge is 0.497 e. The molecule has 1 aromatic heterocycles. The number of ether oxygens (including phenoxy) is 1. The Morgan fingerprint density at radius 2 is 1.91 bits per heavy atom. The molecule has 35 heavy (non-hydrogen) atoms. The summed E-state index contributed by atoms with van der Waals surface area (Å²) >= 11 is 0. The molecule has 2 amide bonds. The molecule has 8 nitrogen and oxygen atoms in total. The van der Waals surface area contributed by atoms with Gasteiger partial charge in [0.05, 0.1) is 31.8 Å². The molecule has 0 radical (unpaired) electrons. The lowest BCUT2D eigenvalue weighted by atomic mass is 9.67. The van der Waals surface area contributed by atoms with Crippen molar-refractivity contribution >= 4 is 22.7 Å². The zero-order valence-electron chi connectivity index (χ0n) is 21.4. The summed E-state index contributed by atoms with van der Waals surface area (Å²) in [6.45, 7) is 2.25. The van der Waals surface area contributed by atoms with Crippen molar-refractivity contribution in [3.05, 3.63) is 29.5 Å². The number of likely N-dealkylation sites (tertiary alicyclic amines) is 1. The van der Waals surface area contributed by atoms with Gasteiger partial charge in [0.1, 0.15) is 5.75 Å². The third-order valence-electron chi connectivity index (χ3n) is 8.58. The second-order valence-corrected chi connectivity index (χ2v) is 10.9. The standard InChI is InChI=1S/C27H38N4O4/c1-28(2)15-23(33)30-12-10-27(11-13-30)17-31(26(34)18-6-5-7-18)22(16-32)25-24(27)20-9-8-19(35-4)14-21(20)29(25)3/h8-9,14,18,22,32H,5-7,10-13,15-17H2,1-4H3/t22-/m1/s1. The van der Waals surface area contributed by atoms with Crippen LogP contribution in [0.1, 0.15) is 49.4 Å². The second-order valence-electron chi connectivity index (χ2n) is 10.9. The SMILES string of the molecule is COc1ccc2c3c(n(C)c2c1)[C@@H](CO)N(C(=O)C1CCC1)CC31CCN(C(=O)CN(C)C)CC1. The highest BCUT2D eigenvalue weighted by Crippen LogP contribution is 2.51. The lowest BCUT2D eigenvalue weighted by Crippen LogP contribution is -2.57. The van der Waals surface area contributed by atoms with Crippen LogP contribution in [0.25, 0.3) is 10.9 Å². The first-order chi connectivity index (χ1) is 16.8. The molecule has 2 aliphatic heterocycles. The molecule has 0 bridgehead atoms. The van der Waals surface area contributed by atoms with Crippen LogP contribution in [-0.4, -0.2) is 90.2 Å². The summed E-state index contributed by atoms with van der Waals surface area (Å²) in [5, 5.41) is 11.7. The fourth-order valence-corrected chi connectivity index (χ4v) is 6.44. The highest BCUT2D eigenvalue weighted by atomic mass is 16.5. The van der Waals surface area contributed by atoms with E-state index in [9.17, 15) is 14.7 Å². The van der Waals surface area contributed by atoms with Gasteiger partial charge in [-0.25, -0.2) is 0 Å². The van der Waals surface area contributed by atoms with E-state index in [1.165, 1.54) is 5.56 Å². The average molecular weight is 483 g/mol. The van der Waals surface area contributed by atoms with Crippen molar-refractivity contribution in [1.82, 2.24) is 19.3 Å². The number of aliphatic hydroxyl groups is 1. The van der Waals surface area contributed by atoms with E-state index in [-0.39, 0.29) is 35.8 Å². The zero-order chi connectivity index (χ0) is 24.9. The number of carbonyl (C=O) groups excluding carboxylic acids is 2. The first-order valence-corrected chi connectivity index (χ1v) is 12.8. The molecule has 1 saturated carbocycles. The van der Waals surface area contributed by atoms with Crippen LogP contribution in [-0.2, 0) is 22.1 Å². The number of carbonyl (C=O) groups is 2. The van der Waals surface area contributed by atoms with Crippen molar-refractivity contribution in [2.75, 3.05) is 54.0 Å². The van der Waals surface area contributed by atoms with Crippen molar-refractivity contribution in [2.24, 2.45) is 13.0 Å². The number of amides is 2. The Labute approximate surface area is 207 Å². The van der Waals surface area contributed by atoms with Crippen LogP contribution in [0.5, 0.6) is 5.75 Å². The monoisotopic (exact) mass is 482 g/mol. The predicted molar refractivity (Wildman–Crippen MR) is 134 cm³/mol. The molecule has 1 atom stereocenters. The van der Waals surface area contributed by atoms with Crippen LogP contribution >= 0.6 is 0 Å². The molecule has 8 heteroatoms. The van der Waals surface area contributed by atoms with Crippen LogP contribution < -0.4 is 4.74 Å². The molecule has 2 aromatic rings. The van der Waals surface area contributed by atoms with Gasteiger partial charge in [-0.3, -0.25) is 9.59 Å². The lowest BCUT2D eigenvalue weighted by molar-refractivity contribution is -0.145. The van der Waals surface area contributed by atoms with Gasteiger partial charge in [-0.2, -0.15) is 0 Å². The molecular weight excluding hydrogens is 444 g/mol. The predicted octanol–water partition coefficient (Wildman–Crippen LogP) is 2.28. The van der Waals surface area contributed by atoms with Crippen LogP contribution in [0.3, 0.4) is 0 Å². The highest BCUT2D eigenvalue weighted by Gasteiger charge is 2.50. The first-order valence-electron chi connectivity index (χ1n) is 12.8. The van der Waals surface area contributed by atoms with E-state index in [2.05, 4.69) is 10.6 Å². The Morgan fingerprint density at radius 1 is 1.20 bits per heavy atom. The summed E-state index contributed by atoms with van der Waals surface area (Å²) in [5.41, 5.74) is 3.08. The Kier molecular flexibility index (Phi) is 6.30. The van der Waals surface area contributed by atoms with E-state index < -0.39 is 0 Å². The number of aryl methyl sites for hydroxylation is 1. The molecule has 190 valence electrons. The van der Waals surface area contributed by atoms with Crippen molar-refractivity contribution in [3.8, 4) is 5.75 Å². The Bertz CT molecular complexity index is 1130. The number of benzene rings is 1. The molecule has 1 spiro atoms. The molecule has 2 fully saturated rings. The maximum Gasteiger partial charge on any atom is 0.236 e. The number of hydrogen-bond acceptors (Lipinski definition) is 5. The summed E-state index contributed by atoms with van der Waals surface area (Å²) in [5.74, 6) is 1.18. The number of aliphatic hydroxyl groups excluding tert-OH is 1. The van der Waals surface area contributed by atoms with E-state index in [0.717, 1.165) is 54.5 Å². The fraction of sp³-hybridized carbons (Fsp3) is 0.630. The lowest BCUT2D eigenvalue weighted by Gasteiger charge is -2.51. The molecular formula is C27H38N4O4. The number of hydrogen-bond donors (Lipinski definition) is 1.